The van der Waals surface area contributed by atoms with Gasteiger partial charge < -0.3 is 5.32 Å². The monoisotopic (exact) mass is 445 g/mol. The number of anilines is 1. The number of nitrogens with zero attached hydrogens (tertiary/aromatic N) is 4. The van der Waals surface area contributed by atoms with E-state index in [1.54, 1.807) is 24.0 Å². The molecule has 1 N–H and O–H groups in total. The van der Waals surface area contributed by atoms with Crippen LogP contribution in [0.4, 0.5) is 5.00 Å². The first-order valence-electron chi connectivity index (χ1n) is 8.95. The molecule has 3 aromatic rings. The Morgan fingerprint density at radius 2 is 2.24 bits per heavy atom. The number of halogens is 2. The first-order valence-corrected chi connectivity index (χ1v) is 10.5. The van der Waals surface area contributed by atoms with Crippen LogP contribution in [0.1, 0.15) is 31.9 Å². The molecule has 0 atom stereocenters. The van der Waals surface area contributed by atoms with Gasteiger partial charge in [0.05, 0.1) is 17.3 Å². The zero-order chi connectivity index (χ0) is 20.5. The van der Waals surface area contributed by atoms with Crippen LogP contribution < -0.4 is 5.32 Å². The number of amides is 1. The van der Waals surface area contributed by atoms with E-state index >= 15 is 0 Å². The Bertz CT molecular complexity index is 1130. The van der Waals surface area contributed by atoms with Crippen molar-refractivity contribution >= 4 is 45.4 Å². The summed E-state index contributed by atoms with van der Waals surface area (Å²) in [5.41, 5.74) is 3.06. The molecule has 1 aliphatic rings. The van der Waals surface area contributed by atoms with Crippen LogP contribution in [0.3, 0.4) is 0 Å². The second-order valence-corrected chi connectivity index (χ2v) is 8.82. The fourth-order valence-electron chi connectivity index (χ4n) is 3.40. The number of carbonyl (C=O) groups is 1. The summed E-state index contributed by atoms with van der Waals surface area (Å²) in [6.07, 6.45) is 3.90. The van der Waals surface area contributed by atoms with Crippen LogP contribution in [0.25, 0.3) is 0 Å². The Hall–Kier alpha value is -2.37. The van der Waals surface area contributed by atoms with Crippen molar-refractivity contribution in [1.82, 2.24) is 14.7 Å². The highest BCUT2D eigenvalue weighted by Gasteiger charge is 2.26. The molecule has 0 saturated carbocycles. The third-order valence-electron chi connectivity index (χ3n) is 4.85. The number of benzene rings is 1. The lowest BCUT2D eigenvalue weighted by Gasteiger charge is -2.27. The minimum absolute atomic E-state index is 0.266. The number of aromatic nitrogens is 2. The van der Waals surface area contributed by atoms with E-state index in [-0.39, 0.29) is 5.91 Å². The molecule has 0 spiro atoms. The van der Waals surface area contributed by atoms with Gasteiger partial charge in [-0.2, -0.15) is 10.4 Å². The molecule has 9 heteroatoms. The van der Waals surface area contributed by atoms with E-state index in [2.05, 4.69) is 21.4 Å². The van der Waals surface area contributed by atoms with Gasteiger partial charge in [0.1, 0.15) is 11.1 Å². The van der Waals surface area contributed by atoms with E-state index in [9.17, 15) is 10.1 Å². The van der Waals surface area contributed by atoms with Gasteiger partial charge in [-0.05, 0) is 29.7 Å². The summed E-state index contributed by atoms with van der Waals surface area (Å²) in [5, 5.41) is 18.4. The zero-order valence-corrected chi connectivity index (χ0v) is 17.9. The number of hydrogen-bond acceptors (Lipinski definition) is 5. The van der Waals surface area contributed by atoms with Crippen LogP contribution in [-0.4, -0.2) is 27.1 Å². The summed E-state index contributed by atoms with van der Waals surface area (Å²) in [6, 6.07) is 7.79. The number of thiophene rings is 1. The van der Waals surface area contributed by atoms with Gasteiger partial charge in [-0.15, -0.1) is 11.3 Å². The molecule has 0 bridgehead atoms. The quantitative estimate of drug-likeness (QED) is 0.642. The fourth-order valence-corrected chi connectivity index (χ4v) is 5.11. The van der Waals surface area contributed by atoms with E-state index in [0.717, 1.165) is 29.0 Å². The summed E-state index contributed by atoms with van der Waals surface area (Å²) in [4.78, 5) is 15.9. The van der Waals surface area contributed by atoms with Crippen molar-refractivity contribution in [3.63, 3.8) is 0 Å². The van der Waals surface area contributed by atoms with Gasteiger partial charge >= 0.3 is 0 Å². The minimum Gasteiger partial charge on any atom is -0.312 e. The van der Waals surface area contributed by atoms with Crippen LogP contribution in [-0.2, 0) is 26.6 Å². The Morgan fingerprint density at radius 3 is 2.93 bits per heavy atom. The van der Waals surface area contributed by atoms with Gasteiger partial charge in [0, 0.05) is 47.8 Å². The van der Waals surface area contributed by atoms with E-state index in [0.29, 0.717) is 39.3 Å². The summed E-state index contributed by atoms with van der Waals surface area (Å²) < 4.78 is 1.57. The first-order chi connectivity index (χ1) is 13.9. The molecule has 1 aromatic carbocycles. The Labute approximate surface area is 182 Å². The van der Waals surface area contributed by atoms with Crippen LogP contribution in [0.15, 0.2) is 30.6 Å². The zero-order valence-electron chi connectivity index (χ0n) is 15.6. The first kappa shape index (κ1) is 19.9. The fraction of sp³-hybridized carbons (Fsp3) is 0.250. The molecule has 0 saturated heterocycles. The van der Waals surface area contributed by atoms with Gasteiger partial charge in [-0.1, -0.05) is 29.3 Å². The van der Waals surface area contributed by atoms with Crippen LogP contribution >= 0.6 is 34.5 Å². The number of nitrogens with one attached hydrogen (secondary N) is 1. The molecule has 0 radical (unpaired) electrons. The van der Waals surface area contributed by atoms with Gasteiger partial charge in [0.25, 0.3) is 5.91 Å². The number of aryl methyl sites for hydroxylation is 1. The number of hydrogen-bond donors (Lipinski definition) is 1. The lowest BCUT2D eigenvalue weighted by molar-refractivity contribution is 0.102. The Balaban J connectivity index is 1.53. The van der Waals surface area contributed by atoms with Gasteiger partial charge in [0.15, 0.2) is 0 Å². The molecular formula is C20H17Cl2N5OS. The van der Waals surface area contributed by atoms with Crippen molar-refractivity contribution < 1.29 is 4.79 Å². The maximum atomic E-state index is 12.5. The van der Waals surface area contributed by atoms with Crippen LogP contribution in [0.5, 0.6) is 0 Å². The second-order valence-electron chi connectivity index (χ2n) is 6.87. The predicted octanol–water partition coefficient (Wildman–Crippen LogP) is 4.47. The molecule has 29 heavy (non-hydrogen) atoms. The SMILES string of the molecule is Cn1cc(C(=O)Nc2sc3c(c2C#N)CCN(Cc2ccc(Cl)cc2Cl)C3)cn1. The third kappa shape index (κ3) is 4.16. The number of carbonyl (C=O) groups excluding carboxylic acids is 1. The minimum atomic E-state index is -0.266. The molecule has 2 aromatic heterocycles. The lowest BCUT2D eigenvalue weighted by Crippen LogP contribution is -2.29. The molecule has 1 amide bonds. The predicted molar refractivity (Wildman–Crippen MR) is 114 cm³/mol. The average molecular weight is 446 g/mol. The molecule has 1 aliphatic heterocycles. The Kier molecular flexibility index (Phi) is 5.61. The summed E-state index contributed by atoms with van der Waals surface area (Å²) in [7, 11) is 1.75. The van der Waals surface area contributed by atoms with Crippen molar-refractivity contribution in [2.75, 3.05) is 11.9 Å². The highest BCUT2D eigenvalue weighted by Crippen LogP contribution is 2.37. The van der Waals surface area contributed by atoms with Crippen molar-refractivity contribution in [1.29, 1.82) is 5.26 Å². The highest BCUT2D eigenvalue weighted by atomic mass is 35.5. The summed E-state index contributed by atoms with van der Waals surface area (Å²) in [6.45, 7) is 2.22. The van der Waals surface area contributed by atoms with E-state index < -0.39 is 0 Å². The second kappa shape index (κ2) is 8.17. The van der Waals surface area contributed by atoms with Crippen molar-refractivity contribution in [3.05, 3.63) is 67.8 Å². The lowest BCUT2D eigenvalue weighted by atomic mass is 10.0. The standard InChI is InChI=1S/C20H17Cl2N5OS/c1-26-9-13(8-24-26)19(28)25-20-16(7-23)15-4-5-27(11-18(15)29-20)10-12-2-3-14(21)6-17(12)22/h2-3,6,8-9H,4-5,10-11H2,1H3,(H,25,28). The van der Waals surface area contributed by atoms with Crippen LogP contribution in [0.2, 0.25) is 10.0 Å². The average Bonchev–Trinajstić information content (AvgIpc) is 3.26. The maximum Gasteiger partial charge on any atom is 0.259 e. The molecule has 6 nitrogen and oxygen atoms in total. The number of fused-ring (bicyclic) bond motifs is 1. The molecule has 0 aliphatic carbocycles. The molecule has 0 unspecified atom stereocenters. The molecule has 3 heterocycles. The molecular weight excluding hydrogens is 429 g/mol. The normalized spacial score (nSPS) is 13.7. The van der Waals surface area contributed by atoms with Crippen LogP contribution in [0, 0.1) is 11.3 Å². The number of rotatable bonds is 4. The highest BCUT2D eigenvalue weighted by molar-refractivity contribution is 7.16. The van der Waals surface area contributed by atoms with E-state index in [1.165, 1.54) is 17.5 Å². The van der Waals surface area contributed by atoms with E-state index in [1.807, 2.05) is 12.1 Å². The smallest absolute Gasteiger partial charge is 0.259 e. The van der Waals surface area contributed by atoms with Crippen molar-refractivity contribution in [2.45, 2.75) is 19.5 Å². The topological polar surface area (TPSA) is 74.0 Å². The maximum absolute atomic E-state index is 12.5. The third-order valence-corrected chi connectivity index (χ3v) is 6.57. The van der Waals surface area contributed by atoms with Gasteiger partial charge in [-0.3, -0.25) is 14.4 Å². The largest absolute Gasteiger partial charge is 0.312 e. The van der Waals surface area contributed by atoms with Crippen molar-refractivity contribution in [3.8, 4) is 6.07 Å². The summed E-state index contributed by atoms with van der Waals surface area (Å²) >= 11 is 13.8. The van der Waals surface area contributed by atoms with Crippen molar-refractivity contribution in [2.24, 2.45) is 7.05 Å². The molecule has 0 fully saturated rings. The number of nitriles is 1. The van der Waals surface area contributed by atoms with Gasteiger partial charge in [0.2, 0.25) is 0 Å². The van der Waals surface area contributed by atoms with E-state index in [4.69, 9.17) is 23.2 Å². The van der Waals surface area contributed by atoms with Gasteiger partial charge in [-0.25, -0.2) is 0 Å². The molecule has 148 valence electrons. The summed E-state index contributed by atoms with van der Waals surface area (Å²) in [5.74, 6) is -0.266. The Morgan fingerprint density at radius 1 is 1.41 bits per heavy atom. The molecule has 4 rings (SSSR count).